The first-order valence-corrected chi connectivity index (χ1v) is 6.86. The van der Waals surface area contributed by atoms with Crippen LogP contribution in [0.25, 0.3) is 0 Å². The van der Waals surface area contributed by atoms with Gasteiger partial charge in [-0.05, 0) is 32.0 Å². The van der Waals surface area contributed by atoms with Crippen molar-refractivity contribution < 1.29 is 18.3 Å². The van der Waals surface area contributed by atoms with Gasteiger partial charge in [0.15, 0.2) is 0 Å². The summed E-state index contributed by atoms with van der Waals surface area (Å²) in [6, 6.07) is 4.73. The number of benzene rings is 1. The molecule has 3 N–H and O–H groups in total. The van der Waals surface area contributed by atoms with Gasteiger partial charge in [0.1, 0.15) is 5.75 Å². The topological polar surface area (TPSA) is 64.3 Å². The highest BCUT2D eigenvalue weighted by molar-refractivity contribution is 9.10. The molecule has 0 atom stereocenters. The summed E-state index contributed by atoms with van der Waals surface area (Å²) < 4.78 is 32.1. The molecule has 0 unspecified atom stereocenters. The number of carbonyl (C=O) groups excluding carboxylic acids is 1. The minimum Gasteiger partial charge on any atom is -0.491 e. The molecule has 7 heteroatoms. The van der Waals surface area contributed by atoms with Crippen LogP contribution in [0.3, 0.4) is 0 Å². The Morgan fingerprint density at radius 2 is 2.10 bits per heavy atom. The van der Waals surface area contributed by atoms with Gasteiger partial charge in [-0.3, -0.25) is 4.79 Å². The minimum atomic E-state index is -3.11. The summed E-state index contributed by atoms with van der Waals surface area (Å²) in [5.41, 5.74) is 5.14. The van der Waals surface area contributed by atoms with Crippen molar-refractivity contribution in [3.05, 3.63) is 28.2 Å². The number of alkyl halides is 2. The maximum absolute atomic E-state index is 13.0. The van der Waals surface area contributed by atoms with E-state index in [0.717, 1.165) is 0 Å². The molecule has 20 heavy (non-hydrogen) atoms. The van der Waals surface area contributed by atoms with Gasteiger partial charge >= 0.3 is 0 Å². The number of halogens is 3. The summed E-state index contributed by atoms with van der Waals surface area (Å²) in [7, 11) is 0. The average molecular weight is 351 g/mol. The molecular formula is C13H17BrF2N2O2. The molecule has 0 radical (unpaired) electrons. The van der Waals surface area contributed by atoms with Crippen molar-refractivity contribution in [3.63, 3.8) is 0 Å². The third-order valence-corrected chi connectivity index (χ3v) is 2.77. The van der Waals surface area contributed by atoms with Gasteiger partial charge in [0.25, 0.3) is 11.8 Å². The van der Waals surface area contributed by atoms with Crippen LogP contribution in [-0.2, 0) is 0 Å². The average Bonchev–Trinajstić information content (AvgIpc) is 2.34. The summed E-state index contributed by atoms with van der Waals surface area (Å²) in [6.45, 7) is 2.09. The minimum absolute atomic E-state index is 0.0539. The predicted octanol–water partition coefficient (Wildman–Crippen LogP) is 2.56. The number of rotatable bonds is 6. The van der Waals surface area contributed by atoms with Crippen molar-refractivity contribution in [2.24, 2.45) is 5.73 Å². The second-order valence-electron chi connectivity index (χ2n) is 4.58. The van der Waals surface area contributed by atoms with E-state index in [-0.39, 0.29) is 11.7 Å². The van der Waals surface area contributed by atoms with Crippen molar-refractivity contribution in [2.45, 2.75) is 25.9 Å². The van der Waals surface area contributed by atoms with Crippen molar-refractivity contribution in [1.29, 1.82) is 0 Å². The molecule has 112 valence electrons. The molecule has 0 bridgehead atoms. The summed E-state index contributed by atoms with van der Waals surface area (Å²) in [5.74, 6) is -3.22. The second-order valence-corrected chi connectivity index (χ2v) is 5.50. The van der Waals surface area contributed by atoms with Gasteiger partial charge in [-0.1, -0.05) is 15.9 Å². The van der Waals surface area contributed by atoms with Crippen LogP contribution in [0.5, 0.6) is 5.75 Å². The smallest absolute Gasteiger partial charge is 0.277 e. The molecular weight excluding hydrogens is 334 g/mol. The lowest BCUT2D eigenvalue weighted by Crippen LogP contribution is -2.41. The number of nitrogens with two attached hydrogens (primary N) is 1. The number of amides is 1. The maximum atomic E-state index is 13.0. The lowest BCUT2D eigenvalue weighted by molar-refractivity contribution is 0.0118. The van der Waals surface area contributed by atoms with Crippen LogP contribution in [-0.4, -0.2) is 31.0 Å². The predicted molar refractivity (Wildman–Crippen MR) is 76.2 cm³/mol. The first kappa shape index (κ1) is 16.8. The van der Waals surface area contributed by atoms with Gasteiger partial charge in [-0.2, -0.15) is 0 Å². The molecule has 0 saturated carbocycles. The van der Waals surface area contributed by atoms with Crippen LogP contribution < -0.4 is 15.8 Å². The van der Waals surface area contributed by atoms with E-state index < -0.39 is 24.9 Å². The Labute approximate surface area is 124 Å². The van der Waals surface area contributed by atoms with E-state index in [1.807, 2.05) is 13.8 Å². The fourth-order valence-electron chi connectivity index (χ4n) is 1.42. The van der Waals surface area contributed by atoms with E-state index in [1.165, 1.54) is 12.1 Å². The molecule has 0 fully saturated rings. The lowest BCUT2D eigenvalue weighted by atomic mass is 10.2. The molecule has 0 aliphatic carbocycles. The SMILES string of the molecule is CC(C)Oc1cc(Br)cc(C(=O)NCC(F)(F)CN)c1. The Morgan fingerprint density at radius 1 is 1.45 bits per heavy atom. The van der Waals surface area contributed by atoms with Gasteiger partial charge in [0.05, 0.1) is 19.2 Å². The standard InChI is InChI=1S/C13H17BrF2N2O2/c1-8(2)20-11-4-9(3-10(14)5-11)12(19)18-7-13(15,16)6-17/h3-5,8H,6-7,17H2,1-2H3,(H,18,19). The molecule has 4 nitrogen and oxygen atoms in total. The van der Waals surface area contributed by atoms with Gasteiger partial charge in [0, 0.05) is 10.0 Å². The fourth-order valence-corrected chi connectivity index (χ4v) is 1.89. The molecule has 1 aromatic carbocycles. The molecule has 0 heterocycles. The zero-order chi connectivity index (χ0) is 15.3. The van der Waals surface area contributed by atoms with E-state index in [4.69, 9.17) is 10.5 Å². The van der Waals surface area contributed by atoms with E-state index in [2.05, 4.69) is 21.2 Å². The van der Waals surface area contributed by atoms with Gasteiger partial charge < -0.3 is 15.8 Å². The van der Waals surface area contributed by atoms with Crippen molar-refractivity contribution in [1.82, 2.24) is 5.32 Å². The van der Waals surface area contributed by atoms with Crippen molar-refractivity contribution in [2.75, 3.05) is 13.1 Å². The number of hydrogen-bond donors (Lipinski definition) is 2. The summed E-state index contributed by atoms with van der Waals surface area (Å²) in [6.07, 6.45) is -0.0539. The first-order valence-electron chi connectivity index (χ1n) is 6.07. The quantitative estimate of drug-likeness (QED) is 0.828. The Morgan fingerprint density at radius 3 is 2.65 bits per heavy atom. The third-order valence-electron chi connectivity index (χ3n) is 2.31. The molecule has 1 aromatic rings. The largest absolute Gasteiger partial charge is 0.491 e. The van der Waals surface area contributed by atoms with E-state index in [1.54, 1.807) is 6.07 Å². The summed E-state index contributed by atoms with van der Waals surface area (Å²) in [5, 5.41) is 2.15. The molecule has 0 aliphatic rings. The monoisotopic (exact) mass is 350 g/mol. The van der Waals surface area contributed by atoms with Crippen LogP contribution in [0.4, 0.5) is 8.78 Å². The molecule has 0 aliphatic heterocycles. The van der Waals surface area contributed by atoms with Gasteiger partial charge in [-0.15, -0.1) is 0 Å². The highest BCUT2D eigenvalue weighted by Crippen LogP contribution is 2.22. The van der Waals surface area contributed by atoms with Crippen molar-refractivity contribution in [3.8, 4) is 5.75 Å². The van der Waals surface area contributed by atoms with E-state index >= 15 is 0 Å². The third kappa shape index (κ3) is 5.42. The lowest BCUT2D eigenvalue weighted by Gasteiger charge is -2.15. The Balaban J connectivity index is 2.80. The van der Waals surface area contributed by atoms with Crippen LogP contribution in [0.15, 0.2) is 22.7 Å². The van der Waals surface area contributed by atoms with Gasteiger partial charge in [-0.25, -0.2) is 8.78 Å². The Kier molecular flexibility index (Phi) is 5.88. The number of ether oxygens (including phenoxy) is 1. The zero-order valence-electron chi connectivity index (χ0n) is 11.3. The van der Waals surface area contributed by atoms with Crippen LogP contribution in [0, 0.1) is 0 Å². The normalized spacial score (nSPS) is 11.6. The molecule has 0 aromatic heterocycles. The maximum Gasteiger partial charge on any atom is 0.277 e. The van der Waals surface area contributed by atoms with Crippen molar-refractivity contribution >= 4 is 21.8 Å². The van der Waals surface area contributed by atoms with Crippen LogP contribution in [0.1, 0.15) is 24.2 Å². The molecule has 0 saturated heterocycles. The molecule has 1 rings (SSSR count). The number of hydrogen-bond acceptors (Lipinski definition) is 3. The summed E-state index contributed by atoms with van der Waals surface area (Å²) in [4.78, 5) is 11.8. The molecule has 0 spiro atoms. The van der Waals surface area contributed by atoms with Crippen LogP contribution in [0.2, 0.25) is 0 Å². The molecule has 1 amide bonds. The fraction of sp³-hybridized carbons (Fsp3) is 0.462. The Hall–Kier alpha value is -1.21. The van der Waals surface area contributed by atoms with E-state index in [9.17, 15) is 13.6 Å². The highest BCUT2D eigenvalue weighted by atomic mass is 79.9. The number of carbonyl (C=O) groups is 1. The summed E-state index contributed by atoms with van der Waals surface area (Å²) >= 11 is 3.25. The highest BCUT2D eigenvalue weighted by Gasteiger charge is 2.27. The Bertz CT molecular complexity index is 481. The first-order chi connectivity index (χ1) is 9.23. The zero-order valence-corrected chi connectivity index (χ0v) is 12.8. The number of nitrogens with one attached hydrogen (secondary N) is 1. The van der Waals surface area contributed by atoms with Gasteiger partial charge in [0.2, 0.25) is 0 Å². The second kappa shape index (κ2) is 6.99. The van der Waals surface area contributed by atoms with Crippen LogP contribution >= 0.6 is 15.9 Å². The van der Waals surface area contributed by atoms with E-state index in [0.29, 0.717) is 10.2 Å².